The lowest BCUT2D eigenvalue weighted by Gasteiger charge is -2.37. The Morgan fingerprint density at radius 3 is 2.61 bits per heavy atom. The van der Waals surface area contributed by atoms with Crippen molar-refractivity contribution < 1.29 is 9.53 Å². The van der Waals surface area contributed by atoms with E-state index < -0.39 is 5.60 Å². The first-order valence-electron chi connectivity index (χ1n) is 11.5. The van der Waals surface area contributed by atoms with Crippen LogP contribution in [0.15, 0.2) is 29.4 Å². The molecular formula is C23H38N6O2. The zero-order valence-corrected chi connectivity index (χ0v) is 19.5. The summed E-state index contributed by atoms with van der Waals surface area (Å²) in [6.45, 7) is 11.9. The van der Waals surface area contributed by atoms with Gasteiger partial charge in [0.15, 0.2) is 5.96 Å². The first-order valence-corrected chi connectivity index (χ1v) is 11.5. The molecule has 2 aliphatic heterocycles. The molecule has 1 aromatic heterocycles. The Morgan fingerprint density at radius 2 is 1.97 bits per heavy atom. The molecule has 8 nitrogen and oxygen atoms in total. The van der Waals surface area contributed by atoms with E-state index in [4.69, 9.17) is 4.74 Å². The molecule has 8 heteroatoms. The molecule has 172 valence electrons. The van der Waals surface area contributed by atoms with E-state index in [9.17, 15) is 4.79 Å². The molecule has 0 aliphatic carbocycles. The van der Waals surface area contributed by atoms with Crippen LogP contribution in [-0.2, 0) is 4.74 Å². The molecule has 0 bridgehead atoms. The Kier molecular flexibility index (Phi) is 7.98. The van der Waals surface area contributed by atoms with Gasteiger partial charge in [0, 0.05) is 59.1 Å². The summed E-state index contributed by atoms with van der Waals surface area (Å²) in [7, 11) is 1.85. The maximum absolute atomic E-state index is 12.4. The average molecular weight is 431 g/mol. The highest BCUT2D eigenvalue weighted by Crippen LogP contribution is 2.21. The monoisotopic (exact) mass is 430 g/mol. The lowest BCUT2D eigenvalue weighted by Crippen LogP contribution is -2.53. The Balaban J connectivity index is 1.40. The highest BCUT2D eigenvalue weighted by atomic mass is 16.6. The molecule has 2 aliphatic rings. The molecule has 3 heterocycles. The van der Waals surface area contributed by atoms with Crippen molar-refractivity contribution in [1.29, 1.82) is 0 Å². The van der Waals surface area contributed by atoms with Crippen molar-refractivity contribution in [2.45, 2.75) is 45.6 Å². The molecule has 0 saturated carbocycles. The first-order chi connectivity index (χ1) is 14.9. The van der Waals surface area contributed by atoms with Crippen LogP contribution >= 0.6 is 0 Å². The lowest BCUT2D eigenvalue weighted by atomic mass is 9.95. The number of rotatable bonds is 4. The normalized spacial score (nSPS) is 20.6. The van der Waals surface area contributed by atoms with Gasteiger partial charge in [-0.25, -0.2) is 9.78 Å². The van der Waals surface area contributed by atoms with Crippen molar-refractivity contribution in [2.75, 3.05) is 57.8 Å². The van der Waals surface area contributed by atoms with Gasteiger partial charge >= 0.3 is 6.09 Å². The average Bonchev–Trinajstić information content (AvgIpc) is 2.77. The topological polar surface area (TPSA) is 73.3 Å². The fourth-order valence-corrected chi connectivity index (χ4v) is 4.20. The number of aliphatic imine (C=N–C) groups is 1. The quantitative estimate of drug-likeness (QED) is 0.585. The fourth-order valence-electron chi connectivity index (χ4n) is 4.20. The van der Waals surface area contributed by atoms with Gasteiger partial charge in [0.25, 0.3) is 0 Å². The molecule has 3 rings (SSSR count). The summed E-state index contributed by atoms with van der Waals surface area (Å²) in [5, 5.41) is 3.53. The fraction of sp³-hybridized carbons (Fsp3) is 0.696. The minimum absolute atomic E-state index is 0.188. The van der Waals surface area contributed by atoms with Crippen LogP contribution in [0.3, 0.4) is 0 Å². The third kappa shape index (κ3) is 7.01. The summed E-state index contributed by atoms with van der Waals surface area (Å²) >= 11 is 0. The summed E-state index contributed by atoms with van der Waals surface area (Å²) in [6, 6.07) is 6.04. The SMILES string of the molecule is CN=C(NCCC1CCCN(C(=O)OC(C)(C)C)C1)N1CCN(c2ccccn2)CC1. The number of hydrogen-bond acceptors (Lipinski definition) is 5. The van der Waals surface area contributed by atoms with Gasteiger partial charge in [-0.3, -0.25) is 4.99 Å². The lowest BCUT2D eigenvalue weighted by molar-refractivity contribution is 0.0162. The standard InChI is InChI=1S/C23H38N6O2/c1-23(2,3)31-22(30)29-13-7-8-19(18-29)10-12-26-21(24-4)28-16-14-27(15-17-28)20-9-5-6-11-25-20/h5-6,9,11,19H,7-8,10,12-18H2,1-4H3,(H,24,26). The highest BCUT2D eigenvalue weighted by molar-refractivity contribution is 5.80. The number of hydrogen-bond donors (Lipinski definition) is 1. The van der Waals surface area contributed by atoms with Crippen LogP contribution in [0.4, 0.5) is 10.6 Å². The van der Waals surface area contributed by atoms with Crippen LogP contribution in [0.5, 0.6) is 0 Å². The second kappa shape index (κ2) is 10.7. The minimum Gasteiger partial charge on any atom is -0.444 e. The van der Waals surface area contributed by atoms with Gasteiger partial charge in [-0.15, -0.1) is 0 Å². The Bertz CT molecular complexity index is 725. The maximum atomic E-state index is 12.4. The summed E-state index contributed by atoms with van der Waals surface area (Å²) in [4.78, 5) is 27.8. The summed E-state index contributed by atoms with van der Waals surface area (Å²) in [5.74, 6) is 2.49. The van der Waals surface area contributed by atoms with Gasteiger partial charge in [0.2, 0.25) is 0 Å². The smallest absolute Gasteiger partial charge is 0.410 e. The molecule has 2 fully saturated rings. The molecule has 1 amide bonds. The van der Waals surface area contributed by atoms with Gasteiger partial charge in [-0.1, -0.05) is 6.07 Å². The number of ether oxygens (including phenoxy) is 1. The second-order valence-corrected chi connectivity index (χ2v) is 9.36. The number of carbonyl (C=O) groups excluding carboxylic acids is 1. The third-order valence-electron chi connectivity index (χ3n) is 5.77. The number of likely N-dealkylation sites (tertiary alicyclic amines) is 1. The van der Waals surface area contributed by atoms with E-state index in [1.165, 1.54) is 0 Å². The van der Waals surface area contributed by atoms with Crippen LogP contribution in [0.2, 0.25) is 0 Å². The van der Waals surface area contributed by atoms with Crippen molar-refractivity contribution in [1.82, 2.24) is 20.1 Å². The van der Waals surface area contributed by atoms with E-state index in [-0.39, 0.29) is 6.09 Å². The number of pyridine rings is 1. The van der Waals surface area contributed by atoms with Crippen LogP contribution in [0.1, 0.15) is 40.0 Å². The van der Waals surface area contributed by atoms with Crippen molar-refractivity contribution in [3.8, 4) is 0 Å². The number of nitrogens with zero attached hydrogens (tertiary/aromatic N) is 5. The Hall–Kier alpha value is -2.51. The molecule has 0 aromatic carbocycles. The van der Waals surface area contributed by atoms with Crippen LogP contribution in [-0.4, -0.2) is 85.3 Å². The van der Waals surface area contributed by atoms with E-state index in [1.54, 1.807) is 0 Å². The van der Waals surface area contributed by atoms with Gasteiger partial charge < -0.3 is 24.8 Å². The number of guanidine groups is 1. The molecule has 1 unspecified atom stereocenters. The third-order valence-corrected chi connectivity index (χ3v) is 5.77. The number of carbonyl (C=O) groups is 1. The van der Waals surface area contributed by atoms with Crippen molar-refractivity contribution in [2.24, 2.45) is 10.9 Å². The highest BCUT2D eigenvalue weighted by Gasteiger charge is 2.27. The molecule has 0 radical (unpaired) electrons. The number of piperazine rings is 1. The van der Waals surface area contributed by atoms with Crippen molar-refractivity contribution in [3.63, 3.8) is 0 Å². The van der Waals surface area contributed by atoms with Gasteiger partial charge in [0.1, 0.15) is 11.4 Å². The molecule has 2 saturated heterocycles. The van der Waals surface area contributed by atoms with Crippen molar-refractivity contribution >= 4 is 17.9 Å². The number of nitrogens with one attached hydrogen (secondary N) is 1. The largest absolute Gasteiger partial charge is 0.444 e. The molecular weight excluding hydrogens is 392 g/mol. The minimum atomic E-state index is -0.446. The van der Waals surface area contributed by atoms with Crippen LogP contribution in [0, 0.1) is 5.92 Å². The number of amides is 1. The summed E-state index contributed by atoms with van der Waals surface area (Å²) < 4.78 is 5.54. The number of piperidine rings is 1. The van der Waals surface area contributed by atoms with E-state index in [2.05, 4.69) is 31.2 Å². The Morgan fingerprint density at radius 1 is 1.19 bits per heavy atom. The zero-order valence-electron chi connectivity index (χ0n) is 19.5. The second-order valence-electron chi connectivity index (χ2n) is 9.36. The van der Waals surface area contributed by atoms with Gasteiger partial charge in [-0.2, -0.15) is 0 Å². The first kappa shape index (κ1) is 23.2. The molecule has 1 atom stereocenters. The van der Waals surface area contributed by atoms with E-state index in [1.807, 2.05) is 51.0 Å². The van der Waals surface area contributed by atoms with E-state index >= 15 is 0 Å². The van der Waals surface area contributed by atoms with Crippen LogP contribution < -0.4 is 10.2 Å². The molecule has 0 spiro atoms. The van der Waals surface area contributed by atoms with E-state index in [0.29, 0.717) is 5.92 Å². The number of anilines is 1. The predicted molar refractivity (Wildman–Crippen MR) is 125 cm³/mol. The number of aromatic nitrogens is 1. The predicted octanol–water partition coefficient (Wildman–Crippen LogP) is 2.82. The van der Waals surface area contributed by atoms with Gasteiger partial charge in [-0.05, 0) is 58.1 Å². The van der Waals surface area contributed by atoms with E-state index in [0.717, 1.165) is 76.9 Å². The van der Waals surface area contributed by atoms with Crippen molar-refractivity contribution in [3.05, 3.63) is 24.4 Å². The Labute approximate surface area is 186 Å². The summed E-state index contributed by atoms with van der Waals surface area (Å²) in [6.07, 6.45) is 4.87. The van der Waals surface area contributed by atoms with Crippen LogP contribution in [0.25, 0.3) is 0 Å². The summed E-state index contributed by atoms with van der Waals surface area (Å²) in [5.41, 5.74) is -0.446. The maximum Gasteiger partial charge on any atom is 0.410 e. The molecule has 31 heavy (non-hydrogen) atoms. The zero-order chi connectivity index (χ0) is 22.3. The molecule has 1 N–H and O–H groups in total. The van der Waals surface area contributed by atoms with Gasteiger partial charge in [0.05, 0.1) is 0 Å². The molecule has 1 aromatic rings.